The molecule has 0 aliphatic carbocycles. The molecule has 0 aliphatic rings. The van der Waals surface area contributed by atoms with E-state index < -0.39 is 5.60 Å². The quantitative estimate of drug-likeness (QED) is 0.300. The number of hydrogen-bond acceptors (Lipinski definition) is 4. The largest absolute Gasteiger partial charge is 0.466 e. The predicted octanol–water partition coefficient (Wildman–Crippen LogP) is 3.41. The molecule has 0 amide bonds. The van der Waals surface area contributed by atoms with Gasteiger partial charge in [0.1, 0.15) is 22.9 Å². The number of benzene rings is 1. The van der Waals surface area contributed by atoms with Gasteiger partial charge in [0.15, 0.2) is 5.96 Å². The first kappa shape index (κ1) is 21.9. The molecule has 30 heavy (non-hydrogen) atoms. The van der Waals surface area contributed by atoms with E-state index in [0.29, 0.717) is 5.96 Å². The molecule has 2 aromatic heterocycles. The summed E-state index contributed by atoms with van der Waals surface area (Å²) in [5, 5.41) is 17.5. The van der Waals surface area contributed by atoms with Gasteiger partial charge in [-0.2, -0.15) is 0 Å². The summed E-state index contributed by atoms with van der Waals surface area (Å²) in [4.78, 5) is 9.22. The van der Waals surface area contributed by atoms with Crippen LogP contribution in [0.15, 0.2) is 39.7 Å². The number of aliphatic hydroxyl groups is 1. The van der Waals surface area contributed by atoms with Crippen LogP contribution in [0.3, 0.4) is 0 Å². The molecule has 1 unspecified atom stereocenters. The highest BCUT2D eigenvalue weighted by Crippen LogP contribution is 2.27. The Morgan fingerprint density at radius 1 is 1.23 bits per heavy atom. The second-order valence-electron chi connectivity index (χ2n) is 7.88. The Kier molecular flexibility index (Phi) is 6.82. The van der Waals surface area contributed by atoms with E-state index in [0.717, 1.165) is 60.0 Å². The number of aromatic nitrogens is 2. The third-order valence-corrected chi connectivity index (χ3v) is 5.21. The fourth-order valence-corrected chi connectivity index (χ4v) is 3.75. The van der Waals surface area contributed by atoms with Gasteiger partial charge in [0, 0.05) is 25.2 Å². The molecule has 0 bridgehead atoms. The van der Waals surface area contributed by atoms with Crippen LogP contribution in [0, 0.1) is 20.8 Å². The normalized spacial score (nSPS) is 14.1. The zero-order valence-corrected chi connectivity index (χ0v) is 18.6. The van der Waals surface area contributed by atoms with Crippen molar-refractivity contribution in [1.29, 1.82) is 0 Å². The number of hydrogen-bond donors (Lipinski definition) is 3. The van der Waals surface area contributed by atoms with E-state index >= 15 is 0 Å². The van der Waals surface area contributed by atoms with Crippen LogP contribution < -0.4 is 10.6 Å². The van der Waals surface area contributed by atoms with Crippen molar-refractivity contribution in [3.05, 3.63) is 53.2 Å². The minimum atomic E-state index is -1.09. The number of aryl methyl sites for hydroxylation is 4. The minimum Gasteiger partial charge on any atom is -0.466 e. The molecule has 3 aromatic rings. The number of guanidine groups is 1. The van der Waals surface area contributed by atoms with Crippen LogP contribution >= 0.6 is 0 Å². The number of nitrogens with one attached hydrogen (secondary N) is 2. The highest BCUT2D eigenvalue weighted by Gasteiger charge is 2.27. The van der Waals surface area contributed by atoms with Gasteiger partial charge in [-0.15, -0.1) is 0 Å². The van der Waals surface area contributed by atoms with Crippen LogP contribution in [-0.4, -0.2) is 40.3 Å². The molecule has 162 valence electrons. The second kappa shape index (κ2) is 9.34. The Hall–Kier alpha value is -2.80. The molecule has 0 aliphatic heterocycles. The first-order valence-electron chi connectivity index (χ1n) is 10.6. The predicted molar refractivity (Wildman–Crippen MR) is 121 cm³/mol. The van der Waals surface area contributed by atoms with Crippen LogP contribution in [0.2, 0.25) is 0 Å². The van der Waals surface area contributed by atoms with Crippen LogP contribution in [0.25, 0.3) is 11.0 Å². The van der Waals surface area contributed by atoms with Gasteiger partial charge in [-0.1, -0.05) is 12.1 Å². The number of nitrogens with zero attached hydrogens (tertiary/aromatic N) is 3. The van der Waals surface area contributed by atoms with E-state index in [-0.39, 0.29) is 6.54 Å². The molecule has 3 rings (SSSR count). The lowest BCUT2D eigenvalue weighted by molar-refractivity contribution is 0.0657. The molecule has 0 spiro atoms. The van der Waals surface area contributed by atoms with Crippen molar-refractivity contribution >= 4 is 17.0 Å². The zero-order chi connectivity index (χ0) is 21.7. The van der Waals surface area contributed by atoms with Crippen molar-refractivity contribution in [1.82, 2.24) is 20.2 Å². The molecule has 1 atom stereocenters. The van der Waals surface area contributed by atoms with Crippen molar-refractivity contribution in [3.63, 3.8) is 0 Å². The third-order valence-electron chi connectivity index (χ3n) is 5.21. The highest BCUT2D eigenvalue weighted by molar-refractivity contribution is 5.79. The summed E-state index contributed by atoms with van der Waals surface area (Å²) in [5.74, 6) is 3.24. The highest BCUT2D eigenvalue weighted by atomic mass is 16.3. The fourth-order valence-electron chi connectivity index (χ4n) is 3.75. The number of fused-ring (bicyclic) bond motifs is 1. The summed E-state index contributed by atoms with van der Waals surface area (Å²) < 4.78 is 7.81. The molecule has 0 saturated heterocycles. The van der Waals surface area contributed by atoms with Crippen molar-refractivity contribution < 1.29 is 9.52 Å². The van der Waals surface area contributed by atoms with Gasteiger partial charge in [0.25, 0.3) is 0 Å². The van der Waals surface area contributed by atoms with E-state index in [1.807, 2.05) is 52.0 Å². The molecule has 7 heteroatoms. The Morgan fingerprint density at radius 2 is 2.00 bits per heavy atom. The lowest BCUT2D eigenvalue weighted by Crippen LogP contribution is -2.39. The SMILES string of the molecule is CCNC(=NCC(C)(O)c1cc(C)oc1C)NCCCn1c(C)nc2ccccc21. The smallest absolute Gasteiger partial charge is 0.191 e. The number of aliphatic imine (C=N–C) groups is 1. The molecule has 2 heterocycles. The summed E-state index contributed by atoms with van der Waals surface area (Å²) in [6, 6.07) is 10.1. The standard InChI is InChI=1S/C23H33N5O2/c1-6-24-22(26-15-23(5,29)19-14-16(2)30-17(19)3)25-12-9-13-28-18(4)27-20-10-7-8-11-21(20)28/h7-8,10-11,14,29H,6,9,12-13,15H2,1-5H3,(H2,24,25,26). The van der Waals surface area contributed by atoms with Gasteiger partial charge in [-0.3, -0.25) is 0 Å². The van der Waals surface area contributed by atoms with Crippen molar-refractivity contribution in [2.24, 2.45) is 4.99 Å². The first-order valence-corrected chi connectivity index (χ1v) is 10.6. The summed E-state index contributed by atoms with van der Waals surface area (Å²) in [6.45, 7) is 12.2. The van der Waals surface area contributed by atoms with E-state index in [1.165, 1.54) is 0 Å². The maximum absolute atomic E-state index is 10.9. The van der Waals surface area contributed by atoms with E-state index in [2.05, 4.69) is 31.2 Å². The molecular weight excluding hydrogens is 378 g/mol. The van der Waals surface area contributed by atoms with Crippen molar-refractivity contribution in [3.8, 4) is 0 Å². The second-order valence-corrected chi connectivity index (χ2v) is 7.88. The molecule has 0 saturated carbocycles. The van der Waals surface area contributed by atoms with Crippen molar-refractivity contribution in [2.75, 3.05) is 19.6 Å². The minimum absolute atomic E-state index is 0.243. The van der Waals surface area contributed by atoms with Crippen LogP contribution in [0.1, 0.15) is 43.2 Å². The Morgan fingerprint density at radius 3 is 2.70 bits per heavy atom. The molecule has 7 nitrogen and oxygen atoms in total. The maximum Gasteiger partial charge on any atom is 0.191 e. The zero-order valence-electron chi connectivity index (χ0n) is 18.6. The third kappa shape index (κ3) is 5.02. The summed E-state index contributed by atoms with van der Waals surface area (Å²) in [6.07, 6.45) is 0.933. The molecule has 0 radical (unpaired) electrons. The van der Waals surface area contributed by atoms with Gasteiger partial charge < -0.3 is 24.7 Å². The van der Waals surface area contributed by atoms with E-state index in [1.54, 1.807) is 6.92 Å². The molecule has 3 N–H and O–H groups in total. The average molecular weight is 412 g/mol. The Balaban J connectivity index is 1.58. The van der Waals surface area contributed by atoms with Crippen LogP contribution in [-0.2, 0) is 12.1 Å². The van der Waals surface area contributed by atoms with Gasteiger partial charge in [-0.05, 0) is 59.2 Å². The summed E-state index contributed by atoms with van der Waals surface area (Å²) in [7, 11) is 0. The number of furan rings is 1. The van der Waals surface area contributed by atoms with Crippen LogP contribution in [0.4, 0.5) is 0 Å². The van der Waals surface area contributed by atoms with Gasteiger partial charge in [-0.25, -0.2) is 9.98 Å². The van der Waals surface area contributed by atoms with E-state index in [4.69, 9.17) is 4.42 Å². The lowest BCUT2D eigenvalue weighted by Gasteiger charge is -2.21. The lowest BCUT2D eigenvalue weighted by atomic mass is 9.96. The molecular formula is C23H33N5O2. The first-order chi connectivity index (χ1) is 14.3. The van der Waals surface area contributed by atoms with Crippen molar-refractivity contribution in [2.45, 2.75) is 53.2 Å². The number of imidazole rings is 1. The topological polar surface area (TPSA) is 87.6 Å². The summed E-state index contributed by atoms with van der Waals surface area (Å²) in [5.41, 5.74) is 1.89. The fraction of sp³-hybridized carbons (Fsp3) is 0.478. The monoisotopic (exact) mass is 411 g/mol. The summed E-state index contributed by atoms with van der Waals surface area (Å²) >= 11 is 0. The molecule has 0 fully saturated rings. The van der Waals surface area contributed by atoms with Crippen LogP contribution in [0.5, 0.6) is 0 Å². The number of para-hydroxylation sites is 2. The van der Waals surface area contributed by atoms with Gasteiger partial charge in [0.05, 0.1) is 17.6 Å². The van der Waals surface area contributed by atoms with Gasteiger partial charge in [0.2, 0.25) is 0 Å². The Labute approximate surface area is 178 Å². The van der Waals surface area contributed by atoms with E-state index in [9.17, 15) is 5.11 Å². The molecule has 1 aromatic carbocycles. The Bertz CT molecular complexity index is 1020. The number of rotatable bonds is 8. The average Bonchev–Trinajstić information content (AvgIpc) is 3.21. The van der Waals surface area contributed by atoms with Gasteiger partial charge >= 0.3 is 0 Å². The maximum atomic E-state index is 10.9.